The monoisotopic (exact) mass is 350 g/mol. The maximum atomic E-state index is 12.3. The number of hydrogen-bond donors (Lipinski definition) is 2. The van der Waals surface area contributed by atoms with Crippen molar-refractivity contribution in [3.8, 4) is 0 Å². The molecule has 2 rings (SSSR count). The first-order valence-electron chi connectivity index (χ1n) is 7.00. The third-order valence-electron chi connectivity index (χ3n) is 3.26. The molecule has 2 aromatic carbocycles. The van der Waals surface area contributed by atoms with Crippen LogP contribution in [0.4, 0.5) is 5.69 Å². The Kier molecular flexibility index (Phi) is 5.64. The van der Waals surface area contributed by atoms with Crippen LogP contribution in [0.25, 0.3) is 0 Å². The number of benzene rings is 2. The van der Waals surface area contributed by atoms with Crippen LogP contribution < -0.4 is 10.6 Å². The van der Waals surface area contributed by atoms with Crippen LogP contribution in [0.3, 0.4) is 0 Å². The highest BCUT2D eigenvalue weighted by molar-refractivity contribution is 6.42. The summed E-state index contributed by atoms with van der Waals surface area (Å²) in [6, 6.07) is 11.7. The lowest BCUT2D eigenvalue weighted by Gasteiger charge is -2.15. The maximum Gasteiger partial charge on any atom is 0.251 e. The highest BCUT2D eigenvalue weighted by Gasteiger charge is 2.12. The summed E-state index contributed by atoms with van der Waals surface area (Å²) in [5.74, 6) is -0.367. The molecule has 0 radical (unpaired) electrons. The second-order valence-corrected chi connectivity index (χ2v) is 5.94. The Hall–Kier alpha value is -2.04. The van der Waals surface area contributed by atoms with Crippen molar-refractivity contribution in [2.45, 2.75) is 19.9 Å². The second-order valence-electron chi connectivity index (χ2n) is 5.13. The van der Waals surface area contributed by atoms with Gasteiger partial charge in [-0.1, -0.05) is 29.3 Å². The molecule has 120 valence electrons. The highest BCUT2D eigenvalue weighted by Crippen LogP contribution is 2.25. The van der Waals surface area contributed by atoms with Crippen molar-refractivity contribution in [3.63, 3.8) is 0 Å². The van der Waals surface area contributed by atoms with E-state index in [0.717, 1.165) is 5.56 Å². The van der Waals surface area contributed by atoms with Crippen LogP contribution in [0.5, 0.6) is 0 Å². The van der Waals surface area contributed by atoms with E-state index in [1.165, 1.54) is 6.92 Å². The minimum Gasteiger partial charge on any atom is -0.346 e. The average molecular weight is 351 g/mol. The molecule has 0 aliphatic carbocycles. The Morgan fingerprint density at radius 1 is 1.00 bits per heavy atom. The number of amides is 2. The summed E-state index contributed by atoms with van der Waals surface area (Å²) in [4.78, 5) is 23.2. The summed E-state index contributed by atoms with van der Waals surface area (Å²) < 4.78 is 0. The molecule has 6 heteroatoms. The molecular formula is C17H16Cl2N2O2. The Balaban J connectivity index is 2.05. The molecule has 0 spiro atoms. The molecule has 0 bridgehead atoms. The van der Waals surface area contributed by atoms with Crippen molar-refractivity contribution in [2.75, 3.05) is 5.32 Å². The summed E-state index contributed by atoms with van der Waals surface area (Å²) in [5.41, 5.74) is 2.01. The molecule has 2 amide bonds. The molecule has 1 atom stereocenters. The largest absolute Gasteiger partial charge is 0.346 e. The zero-order chi connectivity index (χ0) is 17.0. The second kappa shape index (κ2) is 7.49. The number of anilines is 1. The van der Waals surface area contributed by atoms with E-state index in [0.29, 0.717) is 21.3 Å². The Morgan fingerprint density at radius 3 is 2.22 bits per heavy atom. The van der Waals surface area contributed by atoms with Crippen LogP contribution in [0, 0.1) is 0 Å². The van der Waals surface area contributed by atoms with E-state index >= 15 is 0 Å². The Morgan fingerprint density at radius 2 is 1.65 bits per heavy atom. The van der Waals surface area contributed by atoms with Crippen LogP contribution in [0.1, 0.15) is 35.8 Å². The van der Waals surface area contributed by atoms with E-state index in [2.05, 4.69) is 10.6 Å². The van der Waals surface area contributed by atoms with Gasteiger partial charge in [-0.15, -0.1) is 0 Å². The lowest BCUT2D eigenvalue weighted by Crippen LogP contribution is -2.26. The van der Waals surface area contributed by atoms with E-state index in [1.54, 1.807) is 36.4 Å². The van der Waals surface area contributed by atoms with Gasteiger partial charge in [0.15, 0.2) is 0 Å². The van der Waals surface area contributed by atoms with Crippen molar-refractivity contribution in [1.29, 1.82) is 0 Å². The van der Waals surface area contributed by atoms with Gasteiger partial charge < -0.3 is 10.6 Å². The molecule has 23 heavy (non-hydrogen) atoms. The molecule has 0 aliphatic rings. The summed E-state index contributed by atoms with van der Waals surface area (Å²) >= 11 is 11.9. The van der Waals surface area contributed by atoms with Crippen molar-refractivity contribution >= 4 is 40.7 Å². The highest BCUT2D eigenvalue weighted by atomic mass is 35.5. The Bertz CT molecular complexity index is 730. The number of hydrogen-bond acceptors (Lipinski definition) is 2. The molecule has 0 aromatic heterocycles. The first-order valence-corrected chi connectivity index (χ1v) is 7.76. The van der Waals surface area contributed by atoms with Gasteiger partial charge >= 0.3 is 0 Å². The number of carbonyl (C=O) groups is 2. The molecule has 2 aromatic rings. The zero-order valence-corrected chi connectivity index (χ0v) is 14.2. The van der Waals surface area contributed by atoms with Crippen LogP contribution in [0.15, 0.2) is 42.5 Å². The zero-order valence-electron chi connectivity index (χ0n) is 12.7. The van der Waals surface area contributed by atoms with Gasteiger partial charge in [-0.2, -0.15) is 0 Å². The molecule has 2 N–H and O–H groups in total. The van der Waals surface area contributed by atoms with Crippen LogP contribution in [-0.2, 0) is 4.79 Å². The van der Waals surface area contributed by atoms with Crippen molar-refractivity contribution < 1.29 is 9.59 Å². The molecule has 0 saturated heterocycles. The topological polar surface area (TPSA) is 58.2 Å². The van der Waals surface area contributed by atoms with E-state index in [4.69, 9.17) is 23.2 Å². The maximum absolute atomic E-state index is 12.3. The third kappa shape index (κ3) is 4.71. The van der Waals surface area contributed by atoms with E-state index < -0.39 is 0 Å². The lowest BCUT2D eigenvalue weighted by molar-refractivity contribution is -0.114. The van der Waals surface area contributed by atoms with Gasteiger partial charge in [-0.25, -0.2) is 0 Å². The van der Waals surface area contributed by atoms with Crippen LogP contribution in [0.2, 0.25) is 10.0 Å². The van der Waals surface area contributed by atoms with Gasteiger partial charge in [-0.3, -0.25) is 9.59 Å². The predicted octanol–water partition coefficient (Wildman–Crippen LogP) is 4.44. The van der Waals surface area contributed by atoms with Gasteiger partial charge in [0.1, 0.15) is 0 Å². The normalized spacial score (nSPS) is 11.7. The minimum atomic E-state index is -0.215. The minimum absolute atomic E-state index is 0.157. The average Bonchev–Trinajstić information content (AvgIpc) is 2.50. The predicted molar refractivity (Wildman–Crippen MR) is 93.1 cm³/mol. The summed E-state index contributed by atoms with van der Waals surface area (Å²) in [5, 5.41) is 6.47. The number of carbonyl (C=O) groups excluding carboxylic acids is 2. The first-order chi connectivity index (χ1) is 10.9. The fourth-order valence-electron chi connectivity index (χ4n) is 2.05. The SMILES string of the molecule is CC(=O)Nc1ccc(C(=O)NC(C)c2ccc(Cl)c(Cl)c2)cc1. The van der Waals surface area contributed by atoms with E-state index in [-0.39, 0.29) is 17.9 Å². The fourth-order valence-corrected chi connectivity index (χ4v) is 2.36. The van der Waals surface area contributed by atoms with Crippen molar-refractivity contribution in [2.24, 2.45) is 0 Å². The summed E-state index contributed by atoms with van der Waals surface area (Å²) in [6.45, 7) is 3.29. The van der Waals surface area contributed by atoms with Gasteiger partial charge in [0.2, 0.25) is 5.91 Å². The summed E-state index contributed by atoms with van der Waals surface area (Å²) in [6.07, 6.45) is 0. The van der Waals surface area contributed by atoms with E-state index in [1.807, 2.05) is 13.0 Å². The van der Waals surface area contributed by atoms with Gasteiger partial charge in [0, 0.05) is 18.2 Å². The molecule has 4 nitrogen and oxygen atoms in total. The van der Waals surface area contributed by atoms with Crippen molar-refractivity contribution in [3.05, 3.63) is 63.6 Å². The smallest absolute Gasteiger partial charge is 0.251 e. The first kappa shape index (κ1) is 17.3. The quantitative estimate of drug-likeness (QED) is 0.855. The third-order valence-corrected chi connectivity index (χ3v) is 4.00. The lowest BCUT2D eigenvalue weighted by atomic mass is 10.1. The fraction of sp³-hybridized carbons (Fsp3) is 0.176. The molecule has 0 heterocycles. The van der Waals surface area contributed by atoms with E-state index in [9.17, 15) is 9.59 Å². The molecular weight excluding hydrogens is 335 g/mol. The number of nitrogens with one attached hydrogen (secondary N) is 2. The van der Waals surface area contributed by atoms with Gasteiger partial charge in [0.25, 0.3) is 5.91 Å². The number of halogens is 2. The van der Waals surface area contributed by atoms with Crippen LogP contribution >= 0.6 is 23.2 Å². The Labute approximate surface area is 144 Å². The van der Waals surface area contributed by atoms with Gasteiger partial charge in [0.05, 0.1) is 16.1 Å². The molecule has 0 aliphatic heterocycles. The van der Waals surface area contributed by atoms with Gasteiger partial charge in [-0.05, 0) is 48.9 Å². The molecule has 0 saturated carbocycles. The number of rotatable bonds is 4. The molecule has 1 unspecified atom stereocenters. The molecule has 0 fully saturated rings. The standard InChI is InChI=1S/C17H16Cl2N2O2/c1-10(13-5-8-15(18)16(19)9-13)20-17(23)12-3-6-14(7-4-12)21-11(2)22/h3-10H,1-2H3,(H,20,23)(H,21,22). The van der Waals surface area contributed by atoms with Crippen molar-refractivity contribution in [1.82, 2.24) is 5.32 Å². The van der Waals surface area contributed by atoms with Crippen LogP contribution in [-0.4, -0.2) is 11.8 Å². The summed E-state index contributed by atoms with van der Waals surface area (Å²) in [7, 11) is 0.